The van der Waals surface area contributed by atoms with Gasteiger partial charge in [-0.05, 0) is 48.7 Å². The Bertz CT molecular complexity index is 851. The molecule has 138 valence electrons. The minimum absolute atomic E-state index is 0.192. The number of amides is 1. The smallest absolute Gasteiger partial charge is 0.240 e. The van der Waals surface area contributed by atoms with Gasteiger partial charge in [0.1, 0.15) is 0 Å². The molecule has 1 unspecified atom stereocenters. The van der Waals surface area contributed by atoms with Crippen LogP contribution in [0.2, 0.25) is 0 Å². The Morgan fingerprint density at radius 1 is 1.12 bits per heavy atom. The molecule has 26 heavy (non-hydrogen) atoms. The summed E-state index contributed by atoms with van der Waals surface area (Å²) in [6.45, 7) is 3.60. The molecule has 1 heterocycles. The van der Waals surface area contributed by atoms with Crippen molar-refractivity contribution >= 4 is 27.3 Å². The van der Waals surface area contributed by atoms with Gasteiger partial charge < -0.3 is 10.2 Å². The van der Waals surface area contributed by atoms with E-state index in [0.29, 0.717) is 12.2 Å². The highest BCUT2D eigenvalue weighted by atomic mass is 32.2. The molecule has 0 spiro atoms. The first-order valence-corrected chi connectivity index (χ1v) is 10.1. The van der Waals surface area contributed by atoms with Crippen LogP contribution in [0.5, 0.6) is 0 Å². The Morgan fingerprint density at radius 3 is 2.46 bits per heavy atom. The zero-order valence-corrected chi connectivity index (χ0v) is 15.5. The first kappa shape index (κ1) is 18.4. The number of para-hydroxylation sites is 1. The Kier molecular flexibility index (Phi) is 5.58. The van der Waals surface area contributed by atoms with Crippen LogP contribution in [0.4, 0.5) is 11.4 Å². The molecule has 3 rings (SSSR count). The fraction of sp³-hybridized carbons (Fsp3) is 0.316. The normalized spacial score (nSPS) is 17.3. The number of anilines is 2. The van der Waals surface area contributed by atoms with E-state index in [-0.39, 0.29) is 16.7 Å². The second kappa shape index (κ2) is 7.88. The van der Waals surface area contributed by atoms with Gasteiger partial charge >= 0.3 is 0 Å². The van der Waals surface area contributed by atoms with Crippen LogP contribution >= 0.6 is 0 Å². The predicted octanol–water partition coefficient (Wildman–Crippen LogP) is 2.45. The molecule has 1 atom stereocenters. The molecule has 1 fully saturated rings. The number of hydrogen-bond acceptors (Lipinski definition) is 4. The maximum absolute atomic E-state index is 12.5. The third-order valence-electron chi connectivity index (χ3n) is 4.45. The minimum atomic E-state index is -3.56. The van der Waals surface area contributed by atoms with Crippen molar-refractivity contribution in [1.82, 2.24) is 4.72 Å². The molecule has 0 saturated carbocycles. The lowest BCUT2D eigenvalue weighted by Crippen LogP contribution is -2.31. The SMILES string of the molecule is CC(=O)Nc1ccc(S(=O)(=O)NCC2CCN(c3ccccc3)C2)cc1. The first-order chi connectivity index (χ1) is 12.4. The van der Waals surface area contributed by atoms with Gasteiger partial charge in [-0.15, -0.1) is 0 Å². The van der Waals surface area contributed by atoms with E-state index in [9.17, 15) is 13.2 Å². The summed E-state index contributed by atoms with van der Waals surface area (Å²) in [6.07, 6.45) is 0.957. The van der Waals surface area contributed by atoms with Gasteiger partial charge in [-0.2, -0.15) is 0 Å². The maximum Gasteiger partial charge on any atom is 0.240 e. The monoisotopic (exact) mass is 373 g/mol. The second-order valence-corrected chi connectivity index (χ2v) is 8.26. The minimum Gasteiger partial charge on any atom is -0.371 e. The molecule has 7 heteroatoms. The van der Waals surface area contributed by atoms with Crippen molar-refractivity contribution in [3.05, 3.63) is 54.6 Å². The fourth-order valence-electron chi connectivity index (χ4n) is 3.10. The number of carbonyl (C=O) groups excluding carboxylic acids is 1. The van der Waals surface area contributed by atoms with E-state index in [1.807, 2.05) is 18.2 Å². The molecule has 0 aliphatic carbocycles. The van der Waals surface area contributed by atoms with E-state index in [1.165, 1.54) is 24.7 Å². The Labute approximate surface area is 154 Å². The summed E-state index contributed by atoms with van der Waals surface area (Å²) in [5.74, 6) is 0.0894. The van der Waals surface area contributed by atoms with Gasteiger partial charge in [0.05, 0.1) is 4.90 Å². The van der Waals surface area contributed by atoms with E-state index in [2.05, 4.69) is 27.1 Å². The van der Waals surface area contributed by atoms with Gasteiger partial charge in [0.2, 0.25) is 15.9 Å². The molecule has 2 aromatic rings. The Morgan fingerprint density at radius 2 is 1.81 bits per heavy atom. The quantitative estimate of drug-likeness (QED) is 0.815. The zero-order valence-electron chi connectivity index (χ0n) is 14.7. The number of rotatable bonds is 6. The van der Waals surface area contributed by atoms with Crippen LogP contribution in [-0.4, -0.2) is 34.0 Å². The van der Waals surface area contributed by atoms with E-state index in [4.69, 9.17) is 0 Å². The van der Waals surface area contributed by atoms with Crippen molar-refractivity contribution in [2.45, 2.75) is 18.2 Å². The molecular formula is C19H23N3O3S. The van der Waals surface area contributed by atoms with Gasteiger partial charge in [0.25, 0.3) is 0 Å². The lowest BCUT2D eigenvalue weighted by molar-refractivity contribution is -0.114. The van der Waals surface area contributed by atoms with Crippen LogP contribution in [0.1, 0.15) is 13.3 Å². The number of benzene rings is 2. The third kappa shape index (κ3) is 4.62. The zero-order chi connectivity index (χ0) is 18.6. The summed E-state index contributed by atoms with van der Waals surface area (Å²) < 4.78 is 27.6. The summed E-state index contributed by atoms with van der Waals surface area (Å²) in [6, 6.07) is 16.3. The van der Waals surface area contributed by atoms with Crippen molar-refractivity contribution in [3.8, 4) is 0 Å². The average Bonchev–Trinajstić information content (AvgIpc) is 3.10. The fourth-order valence-corrected chi connectivity index (χ4v) is 4.22. The molecule has 1 aliphatic rings. The summed E-state index contributed by atoms with van der Waals surface area (Å²) >= 11 is 0. The summed E-state index contributed by atoms with van der Waals surface area (Å²) in [4.78, 5) is 13.5. The topological polar surface area (TPSA) is 78.5 Å². The summed E-state index contributed by atoms with van der Waals surface area (Å²) in [7, 11) is -3.56. The van der Waals surface area contributed by atoms with Crippen LogP contribution in [0.3, 0.4) is 0 Å². The van der Waals surface area contributed by atoms with Gasteiger partial charge in [0.15, 0.2) is 0 Å². The Balaban J connectivity index is 1.56. The average molecular weight is 373 g/mol. The molecule has 0 bridgehead atoms. The number of sulfonamides is 1. The molecular weight excluding hydrogens is 350 g/mol. The second-order valence-electron chi connectivity index (χ2n) is 6.49. The van der Waals surface area contributed by atoms with Gasteiger partial charge in [0, 0.05) is 37.9 Å². The highest BCUT2D eigenvalue weighted by Crippen LogP contribution is 2.23. The van der Waals surface area contributed by atoms with Crippen molar-refractivity contribution in [2.24, 2.45) is 5.92 Å². The van der Waals surface area contributed by atoms with Gasteiger partial charge in [-0.1, -0.05) is 18.2 Å². The van der Waals surface area contributed by atoms with Crippen molar-refractivity contribution in [2.75, 3.05) is 29.9 Å². The molecule has 0 radical (unpaired) electrons. The van der Waals surface area contributed by atoms with Crippen LogP contribution in [-0.2, 0) is 14.8 Å². The van der Waals surface area contributed by atoms with E-state index >= 15 is 0 Å². The van der Waals surface area contributed by atoms with Gasteiger partial charge in [-0.25, -0.2) is 13.1 Å². The van der Waals surface area contributed by atoms with Crippen LogP contribution < -0.4 is 14.9 Å². The third-order valence-corrected chi connectivity index (χ3v) is 5.89. The van der Waals surface area contributed by atoms with Crippen molar-refractivity contribution in [3.63, 3.8) is 0 Å². The number of hydrogen-bond donors (Lipinski definition) is 2. The molecule has 0 aromatic heterocycles. The van der Waals surface area contributed by atoms with Gasteiger partial charge in [-0.3, -0.25) is 4.79 Å². The van der Waals surface area contributed by atoms with E-state index in [1.54, 1.807) is 12.1 Å². The maximum atomic E-state index is 12.5. The molecule has 1 aliphatic heterocycles. The van der Waals surface area contributed by atoms with Crippen molar-refractivity contribution < 1.29 is 13.2 Å². The van der Waals surface area contributed by atoms with Crippen LogP contribution in [0.15, 0.2) is 59.5 Å². The van der Waals surface area contributed by atoms with E-state index < -0.39 is 10.0 Å². The molecule has 2 aromatic carbocycles. The number of nitrogens with one attached hydrogen (secondary N) is 2. The largest absolute Gasteiger partial charge is 0.371 e. The summed E-state index contributed by atoms with van der Waals surface area (Å²) in [5, 5.41) is 2.62. The lowest BCUT2D eigenvalue weighted by atomic mass is 10.1. The highest BCUT2D eigenvalue weighted by molar-refractivity contribution is 7.89. The highest BCUT2D eigenvalue weighted by Gasteiger charge is 2.24. The van der Waals surface area contributed by atoms with Crippen LogP contribution in [0, 0.1) is 5.92 Å². The molecule has 2 N–H and O–H groups in total. The first-order valence-electron chi connectivity index (χ1n) is 8.61. The molecule has 6 nitrogen and oxygen atoms in total. The Hall–Kier alpha value is -2.38. The number of carbonyl (C=O) groups is 1. The van der Waals surface area contributed by atoms with Crippen LogP contribution in [0.25, 0.3) is 0 Å². The molecule has 1 saturated heterocycles. The molecule has 1 amide bonds. The summed E-state index contributed by atoms with van der Waals surface area (Å²) in [5.41, 5.74) is 1.75. The predicted molar refractivity (Wildman–Crippen MR) is 103 cm³/mol. The van der Waals surface area contributed by atoms with Crippen molar-refractivity contribution in [1.29, 1.82) is 0 Å². The number of nitrogens with zero attached hydrogens (tertiary/aromatic N) is 1. The standard InChI is InChI=1S/C19H23N3O3S/c1-15(23)21-17-7-9-19(10-8-17)26(24,25)20-13-16-11-12-22(14-16)18-5-3-2-4-6-18/h2-10,16,20H,11-14H2,1H3,(H,21,23). The van der Waals surface area contributed by atoms with E-state index in [0.717, 1.165) is 19.5 Å². The lowest BCUT2D eigenvalue weighted by Gasteiger charge is -2.18.